The number of pyridine rings is 1. The Bertz CT molecular complexity index is 585. The molecule has 2 fully saturated rings. The number of aromatic amines is 1. The highest BCUT2D eigenvalue weighted by atomic mass is 16.5. The molecule has 2 aliphatic rings. The summed E-state index contributed by atoms with van der Waals surface area (Å²) in [6, 6.07) is 1.94. The van der Waals surface area contributed by atoms with E-state index in [1.165, 1.54) is 18.5 Å². The second-order valence-electron chi connectivity index (χ2n) is 5.35. The summed E-state index contributed by atoms with van der Waals surface area (Å²) in [5.74, 6) is 1.35. The molecule has 0 radical (unpaired) electrons. The monoisotopic (exact) mass is 259 g/mol. The second kappa shape index (κ2) is 4.49. The predicted octanol–water partition coefficient (Wildman–Crippen LogP) is 2.39. The fourth-order valence-corrected chi connectivity index (χ4v) is 2.66. The van der Waals surface area contributed by atoms with E-state index in [9.17, 15) is 0 Å². The van der Waals surface area contributed by atoms with E-state index < -0.39 is 0 Å². The number of ether oxygens (including phenoxy) is 2. The molecule has 0 spiro atoms. The molecule has 0 amide bonds. The van der Waals surface area contributed by atoms with Crippen molar-refractivity contribution in [2.45, 2.75) is 37.7 Å². The van der Waals surface area contributed by atoms with Crippen LogP contribution >= 0.6 is 0 Å². The minimum atomic E-state index is 0.216. The van der Waals surface area contributed by atoms with E-state index in [1.807, 2.05) is 6.07 Å². The molecule has 1 saturated heterocycles. The summed E-state index contributed by atoms with van der Waals surface area (Å²) < 4.78 is 11.5. The molecule has 0 unspecified atom stereocenters. The molecular weight excluding hydrogens is 242 g/mol. The van der Waals surface area contributed by atoms with Gasteiger partial charge in [-0.15, -0.1) is 0 Å². The van der Waals surface area contributed by atoms with Crippen LogP contribution in [0.15, 0.2) is 12.3 Å². The number of H-pyrrole nitrogens is 1. The van der Waals surface area contributed by atoms with Gasteiger partial charge >= 0.3 is 0 Å². The van der Waals surface area contributed by atoms with Crippen molar-refractivity contribution in [1.82, 2.24) is 15.2 Å². The van der Waals surface area contributed by atoms with Crippen LogP contribution in [0.3, 0.4) is 0 Å². The molecule has 1 aliphatic heterocycles. The van der Waals surface area contributed by atoms with Crippen LogP contribution < -0.4 is 4.74 Å². The molecule has 100 valence electrons. The number of nitrogens with one attached hydrogen (secondary N) is 1. The maximum absolute atomic E-state index is 6.09. The Morgan fingerprint density at radius 1 is 1.21 bits per heavy atom. The summed E-state index contributed by atoms with van der Waals surface area (Å²) in [6.45, 7) is 1.56. The normalized spacial score (nSPS) is 20.8. The molecular formula is C14H17N3O2. The van der Waals surface area contributed by atoms with Crippen LogP contribution in [0, 0.1) is 0 Å². The van der Waals surface area contributed by atoms with Gasteiger partial charge in [-0.05, 0) is 18.9 Å². The Labute approximate surface area is 111 Å². The average Bonchev–Trinajstić information content (AvgIpc) is 3.20. The van der Waals surface area contributed by atoms with Gasteiger partial charge < -0.3 is 9.47 Å². The lowest BCUT2D eigenvalue weighted by atomic mass is 10.1. The van der Waals surface area contributed by atoms with Gasteiger partial charge in [-0.3, -0.25) is 5.10 Å². The average molecular weight is 259 g/mol. The second-order valence-corrected chi connectivity index (χ2v) is 5.35. The molecule has 5 heteroatoms. The van der Waals surface area contributed by atoms with Crippen molar-refractivity contribution in [2.24, 2.45) is 0 Å². The first kappa shape index (κ1) is 11.2. The third-order valence-corrected chi connectivity index (χ3v) is 3.89. The number of aromatic nitrogens is 3. The fraction of sp³-hybridized carbons (Fsp3) is 0.571. The van der Waals surface area contributed by atoms with Gasteiger partial charge in [0, 0.05) is 25.0 Å². The molecule has 1 N–H and O–H groups in total. The lowest BCUT2D eigenvalue weighted by Crippen LogP contribution is -2.26. The Morgan fingerprint density at radius 3 is 2.84 bits per heavy atom. The molecule has 1 saturated carbocycles. The molecule has 1 aliphatic carbocycles. The molecule has 0 bridgehead atoms. The van der Waals surface area contributed by atoms with Crippen molar-refractivity contribution in [3.8, 4) is 5.88 Å². The lowest BCUT2D eigenvalue weighted by Gasteiger charge is -2.23. The van der Waals surface area contributed by atoms with Gasteiger partial charge in [0.25, 0.3) is 0 Å². The van der Waals surface area contributed by atoms with E-state index in [2.05, 4.69) is 15.2 Å². The molecule has 3 heterocycles. The third-order valence-electron chi connectivity index (χ3n) is 3.89. The summed E-state index contributed by atoms with van der Waals surface area (Å²) in [7, 11) is 0. The van der Waals surface area contributed by atoms with E-state index in [4.69, 9.17) is 9.47 Å². The van der Waals surface area contributed by atoms with Gasteiger partial charge in [-0.1, -0.05) is 0 Å². The smallest absolute Gasteiger partial charge is 0.225 e. The summed E-state index contributed by atoms with van der Waals surface area (Å²) in [4.78, 5) is 4.42. The van der Waals surface area contributed by atoms with E-state index >= 15 is 0 Å². The summed E-state index contributed by atoms with van der Waals surface area (Å²) in [6.07, 6.45) is 6.35. The van der Waals surface area contributed by atoms with Crippen molar-refractivity contribution >= 4 is 10.9 Å². The number of nitrogens with zero attached hydrogens (tertiary/aromatic N) is 2. The van der Waals surface area contributed by atoms with Crippen LogP contribution in [0.5, 0.6) is 5.88 Å². The van der Waals surface area contributed by atoms with Crippen LogP contribution in [0.1, 0.15) is 37.3 Å². The molecule has 4 rings (SSSR count). The Balaban J connectivity index is 1.69. The molecule has 19 heavy (non-hydrogen) atoms. The van der Waals surface area contributed by atoms with Crippen LogP contribution in [0.4, 0.5) is 0 Å². The number of fused-ring (bicyclic) bond motifs is 1. The number of hydrogen-bond acceptors (Lipinski definition) is 4. The molecule has 2 aromatic rings. The number of hydrogen-bond donors (Lipinski definition) is 1. The van der Waals surface area contributed by atoms with Gasteiger partial charge in [-0.25, -0.2) is 4.98 Å². The Morgan fingerprint density at radius 2 is 2.05 bits per heavy atom. The summed E-state index contributed by atoms with van der Waals surface area (Å²) in [5.41, 5.74) is 2.16. The van der Waals surface area contributed by atoms with Crippen LogP contribution in [0.25, 0.3) is 10.9 Å². The summed E-state index contributed by atoms with van der Waals surface area (Å²) >= 11 is 0. The van der Waals surface area contributed by atoms with Crippen molar-refractivity contribution < 1.29 is 9.47 Å². The predicted molar refractivity (Wildman–Crippen MR) is 70.3 cm³/mol. The highest BCUT2D eigenvalue weighted by molar-refractivity contribution is 5.86. The topological polar surface area (TPSA) is 60.0 Å². The summed E-state index contributed by atoms with van der Waals surface area (Å²) in [5, 5.41) is 8.60. The molecule has 5 nitrogen and oxygen atoms in total. The lowest BCUT2D eigenvalue weighted by molar-refractivity contribution is 0.0244. The maximum Gasteiger partial charge on any atom is 0.225 e. The van der Waals surface area contributed by atoms with Crippen molar-refractivity contribution in [3.05, 3.63) is 18.0 Å². The van der Waals surface area contributed by atoms with E-state index in [1.54, 1.807) is 6.20 Å². The quantitative estimate of drug-likeness (QED) is 0.919. The van der Waals surface area contributed by atoms with E-state index in [0.717, 1.165) is 42.8 Å². The largest absolute Gasteiger partial charge is 0.474 e. The van der Waals surface area contributed by atoms with Gasteiger partial charge in [-0.2, -0.15) is 5.10 Å². The zero-order chi connectivity index (χ0) is 12.7. The van der Waals surface area contributed by atoms with E-state index in [0.29, 0.717) is 5.92 Å². The Hall–Kier alpha value is -1.62. The van der Waals surface area contributed by atoms with Crippen molar-refractivity contribution in [1.29, 1.82) is 0 Å². The Kier molecular flexibility index (Phi) is 2.65. The molecule has 2 aromatic heterocycles. The third kappa shape index (κ3) is 2.08. The van der Waals surface area contributed by atoms with Gasteiger partial charge in [0.05, 0.1) is 29.8 Å². The number of rotatable bonds is 3. The SMILES string of the molecule is c1cc2n[nH]c(C3CC3)c2c(OC2CCOCC2)n1. The first-order chi connectivity index (χ1) is 9.42. The van der Waals surface area contributed by atoms with Gasteiger partial charge in [0.2, 0.25) is 5.88 Å². The van der Waals surface area contributed by atoms with Crippen molar-refractivity contribution in [2.75, 3.05) is 13.2 Å². The maximum atomic E-state index is 6.09. The molecule has 0 aromatic carbocycles. The van der Waals surface area contributed by atoms with Gasteiger partial charge in [0.15, 0.2) is 0 Å². The highest BCUT2D eigenvalue weighted by Gasteiger charge is 2.29. The van der Waals surface area contributed by atoms with Crippen LogP contribution in [0.2, 0.25) is 0 Å². The zero-order valence-corrected chi connectivity index (χ0v) is 10.8. The first-order valence-corrected chi connectivity index (χ1v) is 6.99. The van der Waals surface area contributed by atoms with Crippen LogP contribution in [-0.2, 0) is 4.74 Å². The van der Waals surface area contributed by atoms with Gasteiger partial charge in [0.1, 0.15) is 6.10 Å². The minimum Gasteiger partial charge on any atom is -0.474 e. The van der Waals surface area contributed by atoms with E-state index in [-0.39, 0.29) is 6.10 Å². The highest BCUT2D eigenvalue weighted by Crippen LogP contribution is 2.43. The van der Waals surface area contributed by atoms with Crippen molar-refractivity contribution in [3.63, 3.8) is 0 Å². The standard InChI is InChI=1S/C14H17N3O2/c1-2-9(1)13-12-11(16-17-13)3-6-15-14(12)19-10-4-7-18-8-5-10/h3,6,9-10H,1-2,4-5,7-8H2,(H,16,17). The first-order valence-electron chi connectivity index (χ1n) is 6.99. The fourth-order valence-electron chi connectivity index (χ4n) is 2.66. The minimum absolute atomic E-state index is 0.216. The van der Waals surface area contributed by atoms with Crippen LogP contribution in [-0.4, -0.2) is 34.5 Å². The zero-order valence-electron chi connectivity index (χ0n) is 10.8. The molecule has 0 atom stereocenters.